The van der Waals surface area contributed by atoms with Crippen LogP contribution in [0, 0.1) is 0 Å². The summed E-state index contributed by atoms with van der Waals surface area (Å²) in [5.41, 5.74) is 2.72. The van der Waals surface area contributed by atoms with Gasteiger partial charge in [-0.1, -0.05) is 19.9 Å². The lowest BCUT2D eigenvalue weighted by molar-refractivity contribution is 0.856. The number of nitrogens with zero attached hydrogens (tertiary/aromatic N) is 1. The molecule has 0 spiro atoms. The van der Waals surface area contributed by atoms with E-state index in [9.17, 15) is 0 Å². The molecule has 0 aromatic carbocycles. The minimum atomic E-state index is 0. The molecule has 2 heterocycles. The Hall–Kier alpha value is -1.05. The van der Waals surface area contributed by atoms with Gasteiger partial charge in [0.1, 0.15) is 5.82 Å². The Kier molecular flexibility index (Phi) is 1.75. The normalized spacial score (nSPS) is 14.6. The van der Waals surface area contributed by atoms with Gasteiger partial charge in [-0.25, -0.2) is 4.98 Å². The Morgan fingerprint density at radius 2 is 2.42 bits per heavy atom. The smallest absolute Gasteiger partial charge is 0.129 e. The Labute approximate surface area is 74.5 Å². The number of nitrogens with one attached hydrogen (secondary N) is 1. The van der Waals surface area contributed by atoms with Gasteiger partial charge in [0, 0.05) is 14.2 Å². The van der Waals surface area contributed by atoms with Crippen LogP contribution in [0.3, 0.4) is 0 Å². The lowest BCUT2D eigenvalue weighted by atomic mass is 10.0. The minimum absolute atomic E-state index is 0. The SMILES string of the molecule is CC(C)c1cnc2c(c1)CCN2.[HH]. The molecular formula is C10H16N2. The zero-order valence-corrected chi connectivity index (χ0v) is 7.59. The molecule has 1 aromatic heterocycles. The Balaban J connectivity index is 0.000000845. The van der Waals surface area contributed by atoms with Gasteiger partial charge in [0.15, 0.2) is 0 Å². The average Bonchev–Trinajstić information content (AvgIpc) is 2.49. The van der Waals surface area contributed by atoms with Crippen molar-refractivity contribution in [2.75, 3.05) is 11.9 Å². The third kappa shape index (κ3) is 1.17. The van der Waals surface area contributed by atoms with Gasteiger partial charge >= 0.3 is 0 Å². The van der Waals surface area contributed by atoms with Crippen molar-refractivity contribution < 1.29 is 1.43 Å². The number of pyridine rings is 1. The van der Waals surface area contributed by atoms with Crippen LogP contribution in [0.5, 0.6) is 0 Å². The molecule has 2 heteroatoms. The van der Waals surface area contributed by atoms with E-state index in [0.717, 1.165) is 18.8 Å². The van der Waals surface area contributed by atoms with Gasteiger partial charge in [-0.2, -0.15) is 0 Å². The van der Waals surface area contributed by atoms with Crippen molar-refractivity contribution in [2.45, 2.75) is 26.2 Å². The molecule has 0 atom stereocenters. The summed E-state index contributed by atoms with van der Waals surface area (Å²) < 4.78 is 0. The predicted molar refractivity (Wildman–Crippen MR) is 52.6 cm³/mol. The van der Waals surface area contributed by atoms with Gasteiger partial charge in [-0.05, 0) is 23.5 Å². The van der Waals surface area contributed by atoms with E-state index in [1.807, 2.05) is 6.20 Å². The first-order valence-electron chi connectivity index (χ1n) is 4.50. The molecule has 0 fully saturated rings. The van der Waals surface area contributed by atoms with E-state index in [1.54, 1.807) is 0 Å². The molecule has 0 saturated carbocycles. The third-order valence-electron chi connectivity index (χ3n) is 2.34. The fourth-order valence-corrected chi connectivity index (χ4v) is 1.51. The predicted octanol–water partition coefficient (Wildman–Crippen LogP) is 2.42. The van der Waals surface area contributed by atoms with Gasteiger partial charge in [-0.3, -0.25) is 0 Å². The Morgan fingerprint density at radius 1 is 1.58 bits per heavy atom. The quantitative estimate of drug-likeness (QED) is 0.689. The summed E-state index contributed by atoms with van der Waals surface area (Å²) in [5, 5.41) is 3.26. The third-order valence-corrected chi connectivity index (χ3v) is 2.34. The number of anilines is 1. The summed E-state index contributed by atoms with van der Waals surface area (Å²) >= 11 is 0. The first-order chi connectivity index (χ1) is 5.77. The molecule has 2 rings (SSSR count). The van der Waals surface area contributed by atoms with Crippen LogP contribution >= 0.6 is 0 Å². The van der Waals surface area contributed by atoms with Crippen LogP contribution in [0.1, 0.15) is 32.3 Å². The summed E-state index contributed by atoms with van der Waals surface area (Å²) in [5.74, 6) is 1.67. The zero-order valence-electron chi connectivity index (χ0n) is 7.59. The van der Waals surface area contributed by atoms with Crippen molar-refractivity contribution in [1.29, 1.82) is 0 Å². The van der Waals surface area contributed by atoms with Gasteiger partial charge in [0.05, 0.1) is 0 Å². The van der Waals surface area contributed by atoms with E-state index in [-0.39, 0.29) is 1.43 Å². The summed E-state index contributed by atoms with van der Waals surface area (Å²) in [6.45, 7) is 5.45. The molecule has 0 bridgehead atoms. The molecule has 0 unspecified atom stereocenters. The van der Waals surface area contributed by atoms with Crippen LogP contribution in [0.2, 0.25) is 0 Å². The zero-order chi connectivity index (χ0) is 8.55. The largest absolute Gasteiger partial charge is 0.370 e. The van der Waals surface area contributed by atoms with E-state index in [4.69, 9.17) is 0 Å². The molecule has 0 amide bonds. The monoisotopic (exact) mass is 164 g/mol. The summed E-state index contributed by atoms with van der Waals surface area (Å²) in [7, 11) is 0. The number of fused-ring (bicyclic) bond motifs is 1. The van der Waals surface area contributed by atoms with E-state index < -0.39 is 0 Å². The second-order valence-corrected chi connectivity index (χ2v) is 3.61. The van der Waals surface area contributed by atoms with Crippen molar-refractivity contribution >= 4 is 5.82 Å². The number of aromatic nitrogens is 1. The lowest BCUT2D eigenvalue weighted by Crippen LogP contribution is -1.94. The molecule has 2 nitrogen and oxygen atoms in total. The minimum Gasteiger partial charge on any atom is -0.370 e. The fraction of sp³-hybridized carbons (Fsp3) is 0.500. The second kappa shape index (κ2) is 2.77. The highest BCUT2D eigenvalue weighted by Gasteiger charge is 2.12. The Bertz CT molecular complexity index is 297. The molecule has 0 saturated heterocycles. The standard InChI is InChI=1S/C10H14N2.H2/c1-7(2)9-5-8-3-4-11-10(8)12-6-9;/h5-7H,3-4H2,1-2H3,(H,11,12);1H. The van der Waals surface area contributed by atoms with Crippen molar-refractivity contribution in [2.24, 2.45) is 0 Å². The molecule has 0 aliphatic carbocycles. The highest BCUT2D eigenvalue weighted by atomic mass is 15.0. The van der Waals surface area contributed by atoms with E-state index >= 15 is 0 Å². The van der Waals surface area contributed by atoms with Crippen molar-refractivity contribution in [3.05, 3.63) is 23.4 Å². The highest BCUT2D eigenvalue weighted by Crippen LogP contribution is 2.23. The maximum atomic E-state index is 4.37. The number of hydrogen-bond donors (Lipinski definition) is 1. The van der Waals surface area contributed by atoms with Gasteiger partial charge in [0.2, 0.25) is 0 Å². The summed E-state index contributed by atoms with van der Waals surface area (Å²) in [6.07, 6.45) is 3.10. The van der Waals surface area contributed by atoms with Crippen molar-refractivity contribution in [3.8, 4) is 0 Å². The highest BCUT2D eigenvalue weighted by molar-refractivity contribution is 5.50. The van der Waals surface area contributed by atoms with Gasteiger partial charge in [0.25, 0.3) is 0 Å². The molecule has 1 N–H and O–H groups in total. The molecule has 66 valence electrons. The first kappa shape index (κ1) is 7.59. The molecule has 0 radical (unpaired) electrons. The topological polar surface area (TPSA) is 24.9 Å². The van der Waals surface area contributed by atoms with Crippen LogP contribution in [0.25, 0.3) is 0 Å². The van der Waals surface area contributed by atoms with Crippen LogP contribution in [0.15, 0.2) is 12.3 Å². The molecule has 1 aliphatic heterocycles. The first-order valence-corrected chi connectivity index (χ1v) is 4.50. The van der Waals surface area contributed by atoms with Crippen molar-refractivity contribution in [1.82, 2.24) is 4.98 Å². The van der Waals surface area contributed by atoms with Gasteiger partial charge < -0.3 is 5.32 Å². The summed E-state index contributed by atoms with van der Waals surface area (Å²) in [6, 6.07) is 2.27. The number of hydrogen-bond acceptors (Lipinski definition) is 2. The molecular weight excluding hydrogens is 148 g/mol. The van der Waals surface area contributed by atoms with Crippen LogP contribution in [-0.4, -0.2) is 11.5 Å². The van der Waals surface area contributed by atoms with Gasteiger partial charge in [-0.15, -0.1) is 0 Å². The number of rotatable bonds is 1. The fourth-order valence-electron chi connectivity index (χ4n) is 1.51. The maximum absolute atomic E-state index is 4.37. The Morgan fingerprint density at radius 3 is 3.17 bits per heavy atom. The molecule has 1 aromatic rings. The lowest BCUT2D eigenvalue weighted by Gasteiger charge is -2.06. The maximum Gasteiger partial charge on any atom is 0.129 e. The molecule has 1 aliphatic rings. The second-order valence-electron chi connectivity index (χ2n) is 3.61. The van der Waals surface area contributed by atoms with Crippen molar-refractivity contribution in [3.63, 3.8) is 0 Å². The van der Waals surface area contributed by atoms with E-state index in [0.29, 0.717) is 5.92 Å². The van der Waals surface area contributed by atoms with Crippen LogP contribution in [-0.2, 0) is 6.42 Å². The van der Waals surface area contributed by atoms with Crippen LogP contribution < -0.4 is 5.32 Å². The van der Waals surface area contributed by atoms with E-state index in [1.165, 1.54) is 11.1 Å². The average molecular weight is 164 g/mol. The summed E-state index contributed by atoms with van der Waals surface area (Å²) in [4.78, 5) is 4.37. The van der Waals surface area contributed by atoms with E-state index in [2.05, 4.69) is 30.2 Å². The molecule has 12 heavy (non-hydrogen) atoms. The van der Waals surface area contributed by atoms with Crippen LogP contribution in [0.4, 0.5) is 5.82 Å².